The summed E-state index contributed by atoms with van der Waals surface area (Å²) in [7, 11) is -0.910. The molecule has 0 saturated heterocycles. The van der Waals surface area contributed by atoms with Crippen molar-refractivity contribution in [3.05, 3.63) is 23.8 Å². The first-order valence-electron chi connectivity index (χ1n) is 5.63. The van der Waals surface area contributed by atoms with Gasteiger partial charge in [-0.2, -0.15) is 0 Å². The van der Waals surface area contributed by atoms with E-state index in [0.29, 0.717) is 30.8 Å². The molecule has 0 bridgehead atoms. The normalized spacial score (nSPS) is 14.9. The van der Waals surface area contributed by atoms with Crippen LogP contribution in [0.2, 0.25) is 0 Å². The Morgan fingerprint density at radius 2 is 2.28 bits per heavy atom. The number of aliphatic hydroxyl groups excluding tert-OH is 1. The van der Waals surface area contributed by atoms with Gasteiger partial charge in [0.15, 0.2) is 0 Å². The van der Waals surface area contributed by atoms with Crippen molar-refractivity contribution in [3.8, 4) is 5.75 Å². The van der Waals surface area contributed by atoms with E-state index in [2.05, 4.69) is 0 Å². The largest absolute Gasteiger partial charge is 0.495 e. The average Bonchev–Trinajstić information content (AvgIpc) is 2.72. The van der Waals surface area contributed by atoms with E-state index in [1.54, 1.807) is 6.07 Å². The number of hydrogen-bond donors (Lipinski definition) is 3. The molecule has 0 unspecified atom stereocenters. The highest BCUT2D eigenvalue weighted by Gasteiger charge is 2.30. The van der Waals surface area contributed by atoms with Gasteiger partial charge in [-0.25, -0.2) is 0 Å². The van der Waals surface area contributed by atoms with Gasteiger partial charge in [-0.3, -0.25) is 0 Å². The minimum atomic E-state index is -0.910. The molecule has 18 heavy (non-hydrogen) atoms. The second-order valence-corrected chi connectivity index (χ2v) is 4.07. The van der Waals surface area contributed by atoms with Crippen molar-refractivity contribution in [2.75, 3.05) is 13.2 Å². The molecule has 1 atom stereocenters. The number of halogens is 1. The molecule has 0 amide bonds. The van der Waals surface area contributed by atoms with Gasteiger partial charge in [-0.1, -0.05) is 12.1 Å². The lowest BCUT2D eigenvalue weighted by Gasteiger charge is -2.12. The molecular formula is C11H17BClNO4. The van der Waals surface area contributed by atoms with Crippen LogP contribution in [0.25, 0.3) is 0 Å². The first-order chi connectivity index (χ1) is 8.22. The Bertz CT molecular complexity index is 393. The topological polar surface area (TPSA) is 84.9 Å². The first kappa shape index (κ1) is 15.3. The summed E-state index contributed by atoms with van der Waals surface area (Å²) in [6, 6.07) is 5.29. The number of nitrogens with two attached hydrogens (primary N) is 1. The average molecular weight is 274 g/mol. The fourth-order valence-electron chi connectivity index (χ4n) is 1.79. The highest BCUT2D eigenvalue weighted by Crippen LogP contribution is 2.18. The number of aliphatic hydroxyl groups is 1. The Morgan fingerprint density at radius 1 is 1.50 bits per heavy atom. The maximum absolute atomic E-state index is 9.65. The highest BCUT2D eigenvalue weighted by atomic mass is 35.5. The quantitative estimate of drug-likeness (QED) is 0.625. The fourth-order valence-corrected chi connectivity index (χ4v) is 1.79. The van der Waals surface area contributed by atoms with Crippen LogP contribution in [-0.2, 0) is 11.3 Å². The van der Waals surface area contributed by atoms with E-state index < -0.39 is 7.12 Å². The van der Waals surface area contributed by atoms with E-state index in [1.165, 1.54) is 0 Å². The van der Waals surface area contributed by atoms with Crippen LogP contribution < -0.4 is 15.9 Å². The van der Waals surface area contributed by atoms with Crippen molar-refractivity contribution >= 4 is 25.0 Å². The molecular weight excluding hydrogens is 256 g/mol. The Kier molecular flexibility index (Phi) is 5.91. The molecule has 4 N–H and O–H groups in total. The van der Waals surface area contributed by atoms with Gasteiger partial charge < -0.3 is 25.3 Å². The van der Waals surface area contributed by atoms with Crippen molar-refractivity contribution in [1.82, 2.24) is 0 Å². The molecule has 0 spiro atoms. The summed E-state index contributed by atoms with van der Waals surface area (Å²) >= 11 is 0. The van der Waals surface area contributed by atoms with E-state index in [-0.39, 0.29) is 25.1 Å². The van der Waals surface area contributed by atoms with Gasteiger partial charge in [-0.15, -0.1) is 12.4 Å². The second kappa shape index (κ2) is 6.96. The lowest BCUT2D eigenvalue weighted by atomic mass is 9.79. The molecule has 2 rings (SSSR count). The predicted molar refractivity (Wildman–Crippen MR) is 71.3 cm³/mol. The van der Waals surface area contributed by atoms with Gasteiger partial charge in [0.05, 0.1) is 19.8 Å². The zero-order chi connectivity index (χ0) is 12.3. The minimum Gasteiger partial charge on any atom is -0.494 e. The molecule has 5 nitrogen and oxygen atoms in total. The molecule has 1 aromatic carbocycles. The number of hydrogen-bond acceptors (Lipinski definition) is 5. The van der Waals surface area contributed by atoms with E-state index in [9.17, 15) is 5.02 Å². The molecule has 100 valence electrons. The van der Waals surface area contributed by atoms with Crippen LogP contribution in [-0.4, -0.2) is 36.5 Å². The second-order valence-electron chi connectivity index (χ2n) is 4.07. The molecule has 1 aliphatic rings. The summed E-state index contributed by atoms with van der Waals surface area (Å²) in [6.07, 6.45) is 0.567. The molecule has 1 aliphatic heterocycles. The Labute approximate surface area is 112 Å². The van der Waals surface area contributed by atoms with Crippen molar-refractivity contribution in [2.24, 2.45) is 5.73 Å². The van der Waals surface area contributed by atoms with Crippen LogP contribution in [0, 0.1) is 0 Å². The van der Waals surface area contributed by atoms with Crippen LogP contribution in [0.4, 0.5) is 0 Å². The Balaban J connectivity index is 0.00000162. The minimum absolute atomic E-state index is 0. The van der Waals surface area contributed by atoms with Crippen LogP contribution in [0.5, 0.6) is 5.75 Å². The summed E-state index contributed by atoms with van der Waals surface area (Å²) in [4.78, 5) is 0. The standard InChI is InChI=1S/C11H16BNO4.ClH/c13-9(6-14)4-5-16-10-3-1-2-8-7-17-12(15)11(8)10;/h1-3,9,14-15H,4-7,13H2;1H/t9-;/m1./s1. The third-order valence-electron chi connectivity index (χ3n) is 2.78. The lowest BCUT2D eigenvalue weighted by Crippen LogP contribution is -2.31. The highest BCUT2D eigenvalue weighted by molar-refractivity contribution is 6.62. The maximum Gasteiger partial charge on any atom is 0.495 e. The van der Waals surface area contributed by atoms with Crippen LogP contribution in [0.15, 0.2) is 18.2 Å². The van der Waals surface area contributed by atoms with E-state index in [4.69, 9.17) is 20.2 Å². The van der Waals surface area contributed by atoms with Crippen LogP contribution in [0.1, 0.15) is 12.0 Å². The molecule has 7 heteroatoms. The van der Waals surface area contributed by atoms with Gasteiger partial charge in [0.2, 0.25) is 0 Å². The summed E-state index contributed by atoms with van der Waals surface area (Å²) in [5.74, 6) is 0.623. The summed E-state index contributed by atoms with van der Waals surface area (Å²) in [5.41, 5.74) is 7.22. The molecule has 0 radical (unpaired) electrons. The monoisotopic (exact) mass is 273 g/mol. The van der Waals surface area contributed by atoms with Crippen molar-refractivity contribution in [1.29, 1.82) is 0 Å². The molecule has 0 fully saturated rings. The van der Waals surface area contributed by atoms with Crippen molar-refractivity contribution in [2.45, 2.75) is 19.1 Å². The van der Waals surface area contributed by atoms with E-state index in [0.717, 1.165) is 5.56 Å². The van der Waals surface area contributed by atoms with Gasteiger partial charge in [0.1, 0.15) is 5.75 Å². The summed E-state index contributed by atoms with van der Waals surface area (Å²) in [6.45, 7) is 0.761. The van der Waals surface area contributed by atoms with Gasteiger partial charge >= 0.3 is 7.12 Å². The molecule has 1 heterocycles. The first-order valence-corrected chi connectivity index (χ1v) is 5.63. The van der Waals surface area contributed by atoms with Gasteiger partial charge in [-0.05, 0) is 18.1 Å². The van der Waals surface area contributed by atoms with Gasteiger partial charge in [0, 0.05) is 11.5 Å². The third-order valence-corrected chi connectivity index (χ3v) is 2.78. The summed E-state index contributed by atoms with van der Waals surface area (Å²) < 4.78 is 10.7. The van der Waals surface area contributed by atoms with Crippen molar-refractivity contribution in [3.63, 3.8) is 0 Å². The van der Waals surface area contributed by atoms with Crippen molar-refractivity contribution < 1.29 is 19.5 Å². The smallest absolute Gasteiger partial charge is 0.494 e. The number of fused-ring (bicyclic) bond motifs is 1. The fraction of sp³-hybridized carbons (Fsp3) is 0.455. The van der Waals surface area contributed by atoms with E-state index >= 15 is 0 Å². The summed E-state index contributed by atoms with van der Waals surface area (Å²) in [5, 5.41) is 18.4. The van der Waals surface area contributed by atoms with Crippen LogP contribution >= 0.6 is 12.4 Å². The van der Waals surface area contributed by atoms with Gasteiger partial charge in [0.25, 0.3) is 0 Å². The number of ether oxygens (including phenoxy) is 1. The third kappa shape index (κ3) is 3.37. The lowest BCUT2D eigenvalue weighted by molar-refractivity contribution is 0.230. The Hall–Kier alpha value is -0.785. The number of benzene rings is 1. The molecule has 1 aromatic rings. The molecule has 0 aromatic heterocycles. The SMILES string of the molecule is Cl.N[C@@H](CO)CCOc1cccc2c1B(O)OC2. The van der Waals surface area contributed by atoms with E-state index in [1.807, 2.05) is 12.1 Å². The maximum atomic E-state index is 9.65. The zero-order valence-electron chi connectivity index (χ0n) is 9.91. The zero-order valence-corrected chi connectivity index (χ0v) is 10.7. The molecule has 0 saturated carbocycles. The Morgan fingerprint density at radius 3 is 3.00 bits per heavy atom. The predicted octanol–water partition coefficient (Wildman–Crippen LogP) is -0.585. The van der Waals surface area contributed by atoms with Crippen LogP contribution in [0.3, 0.4) is 0 Å². The molecule has 0 aliphatic carbocycles. The number of rotatable bonds is 5.